The summed E-state index contributed by atoms with van der Waals surface area (Å²) in [7, 11) is 1.38. The number of benzene rings is 2. The monoisotopic (exact) mass is 318 g/mol. The molecule has 0 N–H and O–H groups in total. The van der Waals surface area contributed by atoms with E-state index in [4.69, 9.17) is 43.2 Å². The first-order valence-corrected chi connectivity index (χ1v) is 6.51. The number of rotatable bonds is 3. The minimum Gasteiger partial charge on any atom is -0.491 e. The molecular weight excluding hydrogens is 311 g/mol. The molecular formula is C15H8Cl2N2O2. The number of methoxy groups -OCH3 is 1. The highest BCUT2D eigenvalue weighted by molar-refractivity contribution is 6.37. The summed E-state index contributed by atoms with van der Waals surface area (Å²) in [6.45, 7) is 0. The SMILES string of the molecule is COc1c(Cl)c(C#N)c(C#N)c(Cl)c1Oc1ccccc1. The van der Waals surface area contributed by atoms with Gasteiger partial charge in [-0.15, -0.1) is 0 Å². The summed E-state index contributed by atoms with van der Waals surface area (Å²) in [4.78, 5) is 0. The van der Waals surface area contributed by atoms with Gasteiger partial charge in [-0.25, -0.2) is 0 Å². The zero-order valence-electron chi connectivity index (χ0n) is 10.9. The molecule has 0 saturated carbocycles. The van der Waals surface area contributed by atoms with Crippen molar-refractivity contribution in [3.63, 3.8) is 0 Å². The van der Waals surface area contributed by atoms with Crippen LogP contribution < -0.4 is 9.47 Å². The van der Waals surface area contributed by atoms with Crippen molar-refractivity contribution in [3.8, 4) is 29.4 Å². The van der Waals surface area contributed by atoms with Gasteiger partial charge in [0.15, 0.2) is 11.5 Å². The Balaban J connectivity index is 2.69. The largest absolute Gasteiger partial charge is 0.491 e. The molecule has 2 rings (SSSR count). The van der Waals surface area contributed by atoms with Crippen molar-refractivity contribution in [1.82, 2.24) is 0 Å². The molecule has 2 aromatic carbocycles. The molecule has 0 unspecified atom stereocenters. The van der Waals surface area contributed by atoms with E-state index in [2.05, 4.69) is 0 Å². The van der Waals surface area contributed by atoms with Crippen molar-refractivity contribution >= 4 is 23.2 Å². The van der Waals surface area contributed by atoms with Crippen molar-refractivity contribution in [2.75, 3.05) is 7.11 Å². The van der Waals surface area contributed by atoms with Crippen LogP contribution in [0.2, 0.25) is 10.0 Å². The summed E-state index contributed by atoms with van der Waals surface area (Å²) in [6.07, 6.45) is 0. The Labute approximate surface area is 131 Å². The summed E-state index contributed by atoms with van der Waals surface area (Å²) in [6, 6.07) is 12.5. The maximum absolute atomic E-state index is 9.17. The van der Waals surface area contributed by atoms with E-state index in [1.807, 2.05) is 18.2 Å². The number of para-hydroxylation sites is 1. The van der Waals surface area contributed by atoms with E-state index in [-0.39, 0.29) is 32.7 Å². The Kier molecular flexibility index (Phi) is 4.55. The fourth-order valence-corrected chi connectivity index (χ4v) is 2.30. The molecule has 0 aliphatic carbocycles. The van der Waals surface area contributed by atoms with Gasteiger partial charge in [0.2, 0.25) is 0 Å². The fraction of sp³-hybridized carbons (Fsp3) is 0.0667. The molecule has 0 atom stereocenters. The Morgan fingerprint density at radius 2 is 1.43 bits per heavy atom. The second kappa shape index (κ2) is 6.37. The molecule has 0 aliphatic heterocycles. The lowest BCUT2D eigenvalue weighted by Gasteiger charge is -2.15. The fourth-order valence-electron chi connectivity index (χ4n) is 1.74. The maximum atomic E-state index is 9.17. The average Bonchev–Trinajstić information content (AvgIpc) is 2.51. The Bertz CT molecular complexity index is 758. The van der Waals surface area contributed by atoms with Gasteiger partial charge in [0.25, 0.3) is 0 Å². The van der Waals surface area contributed by atoms with Crippen molar-refractivity contribution in [1.29, 1.82) is 10.5 Å². The topological polar surface area (TPSA) is 66.0 Å². The van der Waals surface area contributed by atoms with Crippen LogP contribution in [0.25, 0.3) is 0 Å². The highest BCUT2D eigenvalue weighted by Crippen LogP contribution is 2.47. The molecule has 0 heterocycles. The van der Waals surface area contributed by atoms with E-state index in [9.17, 15) is 0 Å². The van der Waals surface area contributed by atoms with Gasteiger partial charge in [-0.3, -0.25) is 0 Å². The highest BCUT2D eigenvalue weighted by Gasteiger charge is 2.24. The third-order valence-electron chi connectivity index (χ3n) is 2.68. The number of ether oxygens (including phenoxy) is 2. The lowest BCUT2D eigenvalue weighted by Crippen LogP contribution is -1.98. The van der Waals surface area contributed by atoms with Gasteiger partial charge in [-0.2, -0.15) is 10.5 Å². The second-order valence-electron chi connectivity index (χ2n) is 3.88. The first kappa shape index (κ1) is 15.0. The molecule has 0 radical (unpaired) electrons. The standard InChI is InChI=1S/C15H8Cl2N2O2/c1-20-14-12(16)10(7-18)11(8-19)13(17)15(14)21-9-5-3-2-4-6-9/h2-6H,1H3. The van der Waals surface area contributed by atoms with E-state index in [1.165, 1.54) is 7.11 Å². The molecule has 0 aliphatic rings. The molecule has 0 fully saturated rings. The van der Waals surface area contributed by atoms with Crippen LogP contribution in [0.5, 0.6) is 17.2 Å². The zero-order chi connectivity index (χ0) is 15.4. The first-order chi connectivity index (χ1) is 10.1. The first-order valence-electron chi connectivity index (χ1n) is 5.76. The summed E-state index contributed by atoms with van der Waals surface area (Å²) >= 11 is 12.3. The number of nitriles is 2. The van der Waals surface area contributed by atoms with Gasteiger partial charge in [0.1, 0.15) is 27.9 Å². The molecule has 104 valence electrons. The van der Waals surface area contributed by atoms with Crippen molar-refractivity contribution < 1.29 is 9.47 Å². The summed E-state index contributed by atoms with van der Waals surface area (Å²) in [5.41, 5.74) is -0.0858. The number of hydrogen-bond acceptors (Lipinski definition) is 4. The van der Waals surface area contributed by atoms with E-state index in [0.29, 0.717) is 5.75 Å². The van der Waals surface area contributed by atoms with Gasteiger partial charge in [0, 0.05) is 0 Å². The summed E-state index contributed by atoms with van der Waals surface area (Å²) in [5.74, 6) is 0.717. The summed E-state index contributed by atoms with van der Waals surface area (Å²) in [5, 5.41) is 18.3. The normalized spacial score (nSPS) is 9.57. The molecule has 4 nitrogen and oxygen atoms in total. The average molecular weight is 319 g/mol. The lowest BCUT2D eigenvalue weighted by molar-refractivity contribution is 0.379. The van der Waals surface area contributed by atoms with Crippen LogP contribution in [0.15, 0.2) is 30.3 Å². The molecule has 2 aromatic rings. The Morgan fingerprint density at radius 3 is 1.90 bits per heavy atom. The van der Waals surface area contributed by atoms with Crippen LogP contribution >= 0.6 is 23.2 Å². The minimum absolute atomic E-state index is 0.00752. The number of halogens is 2. The van der Waals surface area contributed by atoms with Crippen molar-refractivity contribution in [2.24, 2.45) is 0 Å². The van der Waals surface area contributed by atoms with Crippen LogP contribution in [0.4, 0.5) is 0 Å². The van der Waals surface area contributed by atoms with E-state index in [0.717, 1.165) is 0 Å². The third-order valence-corrected chi connectivity index (χ3v) is 3.41. The molecule has 0 saturated heterocycles. The Hall–Kier alpha value is -2.40. The smallest absolute Gasteiger partial charge is 0.190 e. The van der Waals surface area contributed by atoms with Gasteiger partial charge < -0.3 is 9.47 Å². The molecule has 21 heavy (non-hydrogen) atoms. The molecule has 0 bridgehead atoms. The Morgan fingerprint density at radius 1 is 0.905 bits per heavy atom. The summed E-state index contributed by atoms with van der Waals surface area (Å²) < 4.78 is 10.8. The lowest BCUT2D eigenvalue weighted by atomic mass is 10.1. The van der Waals surface area contributed by atoms with Gasteiger partial charge in [-0.05, 0) is 12.1 Å². The van der Waals surface area contributed by atoms with Gasteiger partial charge in [-0.1, -0.05) is 41.4 Å². The zero-order valence-corrected chi connectivity index (χ0v) is 12.4. The van der Waals surface area contributed by atoms with E-state index < -0.39 is 0 Å². The minimum atomic E-state index is -0.0455. The molecule has 0 amide bonds. The van der Waals surface area contributed by atoms with E-state index in [1.54, 1.807) is 24.3 Å². The molecule has 0 aromatic heterocycles. The van der Waals surface area contributed by atoms with E-state index >= 15 is 0 Å². The predicted octanol–water partition coefficient (Wildman–Crippen LogP) is 4.54. The quantitative estimate of drug-likeness (QED) is 0.833. The van der Waals surface area contributed by atoms with Crippen molar-refractivity contribution in [2.45, 2.75) is 0 Å². The maximum Gasteiger partial charge on any atom is 0.190 e. The van der Waals surface area contributed by atoms with Gasteiger partial charge in [0.05, 0.1) is 18.2 Å². The second-order valence-corrected chi connectivity index (χ2v) is 4.63. The number of nitrogens with zero attached hydrogens (tertiary/aromatic N) is 2. The predicted molar refractivity (Wildman–Crippen MR) is 79.0 cm³/mol. The van der Waals surface area contributed by atoms with Crippen LogP contribution in [0, 0.1) is 22.7 Å². The van der Waals surface area contributed by atoms with Gasteiger partial charge >= 0.3 is 0 Å². The molecule has 0 spiro atoms. The van der Waals surface area contributed by atoms with Crippen LogP contribution in [0.3, 0.4) is 0 Å². The highest BCUT2D eigenvalue weighted by atomic mass is 35.5. The van der Waals surface area contributed by atoms with Crippen molar-refractivity contribution in [3.05, 3.63) is 51.5 Å². The van der Waals surface area contributed by atoms with Crippen LogP contribution in [-0.4, -0.2) is 7.11 Å². The van der Waals surface area contributed by atoms with Crippen LogP contribution in [0.1, 0.15) is 11.1 Å². The molecule has 6 heteroatoms. The van der Waals surface area contributed by atoms with Crippen LogP contribution in [-0.2, 0) is 0 Å². The third kappa shape index (κ3) is 2.73. The number of hydrogen-bond donors (Lipinski definition) is 0.